The Bertz CT molecular complexity index is 923. The molecule has 0 radical (unpaired) electrons. The molecule has 1 aromatic heterocycles. The fourth-order valence-electron chi connectivity index (χ4n) is 2.23. The van der Waals surface area contributed by atoms with Crippen LogP contribution in [0.2, 0.25) is 0 Å². The minimum atomic E-state index is -0.289. The summed E-state index contributed by atoms with van der Waals surface area (Å²) in [5.41, 5.74) is 2.80. The fourth-order valence-corrected chi connectivity index (χ4v) is 3.03. The van der Waals surface area contributed by atoms with Gasteiger partial charge < -0.3 is 4.74 Å². The average molecular weight is 336 g/mol. The molecule has 3 aromatic rings. The van der Waals surface area contributed by atoms with E-state index in [0.717, 1.165) is 16.8 Å². The van der Waals surface area contributed by atoms with Gasteiger partial charge in [0.25, 0.3) is 0 Å². The Morgan fingerprint density at radius 3 is 2.67 bits per heavy atom. The Labute approximate surface area is 143 Å². The van der Waals surface area contributed by atoms with Gasteiger partial charge in [-0.1, -0.05) is 18.2 Å². The number of methoxy groups -OCH3 is 1. The zero-order valence-electron chi connectivity index (χ0n) is 12.9. The highest BCUT2D eigenvalue weighted by Crippen LogP contribution is 2.29. The molecule has 3 rings (SSSR count). The second-order valence-corrected chi connectivity index (χ2v) is 5.81. The molecule has 0 unspecified atom stereocenters. The normalized spacial score (nSPS) is 11.1. The summed E-state index contributed by atoms with van der Waals surface area (Å²) in [6.07, 6.45) is 1.76. The summed E-state index contributed by atoms with van der Waals surface area (Å²) < 4.78 is 18.3. The highest BCUT2D eigenvalue weighted by Gasteiger charge is 2.10. The molecule has 0 saturated heterocycles. The van der Waals surface area contributed by atoms with Gasteiger partial charge in [-0.15, -0.1) is 11.3 Å². The van der Waals surface area contributed by atoms with Gasteiger partial charge in [0, 0.05) is 16.5 Å². The first kappa shape index (κ1) is 15.9. The van der Waals surface area contributed by atoms with E-state index in [2.05, 4.69) is 11.1 Å². The summed E-state index contributed by atoms with van der Waals surface area (Å²) in [4.78, 5) is 4.50. The maximum Gasteiger partial charge on any atom is 0.134 e. The number of hydrogen-bond acceptors (Lipinski definition) is 4. The van der Waals surface area contributed by atoms with Crippen LogP contribution in [-0.2, 0) is 0 Å². The zero-order chi connectivity index (χ0) is 16.9. The molecule has 1 heterocycles. The van der Waals surface area contributed by atoms with Crippen molar-refractivity contribution in [3.05, 3.63) is 70.3 Å². The molecule has 3 nitrogen and oxygen atoms in total. The van der Waals surface area contributed by atoms with Crippen molar-refractivity contribution in [2.45, 2.75) is 0 Å². The first-order valence-corrected chi connectivity index (χ1v) is 8.06. The highest BCUT2D eigenvalue weighted by atomic mass is 32.1. The van der Waals surface area contributed by atoms with Crippen molar-refractivity contribution < 1.29 is 9.13 Å². The molecule has 118 valence electrons. The smallest absolute Gasteiger partial charge is 0.134 e. The monoisotopic (exact) mass is 336 g/mol. The van der Waals surface area contributed by atoms with E-state index in [0.29, 0.717) is 16.3 Å². The van der Waals surface area contributed by atoms with Gasteiger partial charge in [0.05, 0.1) is 18.4 Å². The number of nitrogens with zero attached hydrogens (tertiary/aromatic N) is 2. The standard InChI is InChI=1S/C19H13FN2OS/c1-23-18-5-3-2-4-14(18)10-15(11-21)19-22-17(12-24-19)13-6-8-16(20)9-7-13/h2-10,12H,1H3/b15-10+. The Kier molecular flexibility index (Phi) is 4.69. The number of nitriles is 1. The first-order valence-electron chi connectivity index (χ1n) is 7.18. The van der Waals surface area contributed by atoms with Crippen LogP contribution in [0, 0.1) is 17.1 Å². The molecule has 0 aliphatic carbocycles. The summed E-state index contributed by atoms with van der Waals surface area (Å²) in [6, 6.07) is 15.8. The van der Waals surface area contributed by atoms with E-state index in [9.17, 15) is 9.65 Å². The minimum absolute atomic E-state index is 0.289. The molecular formula is C19H13FN2OS. The van der Waals surface area contributed by atoms with Crippen molar-refractivity contribution in [1.29, 1.82) is 5.26 Å². The molecule has 0 amide bonds. The third kappa shape index (κ3) is 3.34. The van der Waals surface area contributed by atoms with E-state index >= 15 is 0 Å². The van der Waals surface area contributed by atoms with E-state index in [4.69, 9.17) is 4.74 Å². The predicted octanol–water partition coefficient (Wildman–Crippen LogP) is 5.02. The van der Waals surface area contributed by atoms with Crippen molar-refractivity contribution in [1.82, 2.24) is 4.98 Å². The van der Waals surface area contributed by atoms with Gasteiger partial charge in [-0.2, -0.15) is 5.26 Å². The number of thiazole rings is 1. The van der Waals surface area contributed by atoms with E-state index in [1.165, 1.54) is 23.5 Å². The molecular weight excluding hydrogens is 323 g/mol. The second kappa shape index (κ2) is 7.07. The topological polar surface area (TPSA) is 45.9 Å². The Morgan fingerprint density at radius 2 is 1.96 bits per heavy atom. The third-order valence-corrected chi connectivity index (χ3v) is 4.31. The number of benzene rings is 2. The van der Waals surface area contributed by atoms with Gasteiger partial charge in [0.2, 0.25) is 0 Å². The predicted molar refractivity (Wildman–Crippen MR) is 94.0 cm³/mol. The number of para-hydroxylation sites is 1. The van der Waals surface area contributed by atoms with Crippen LogP contribution in [0.25, 0.3) is 22.9 Å². The highest BCUT2D eigenvalue weighted by molar-refractivity contribution is 7.11. The van der Waals surface area contributed by atoms with Crippen molar-refractivity contribution >= 4 is 23.0 Å². The summed E-state index contributed by atoms with van der Waals surface area (Å²) in [7, 11) is 1.59. The van der Waals surface area contributed by atoms with E-state index in [1.54, 1.807) is 25.3 Å². The van der Waals surface area contributed by atoms with Crippen LogP contribution in [0.3, 0.4) is 0 Å². The lowest BCUT2D eigenvalue weighted by Crippen LogP contribution is -1.87. The molecule has 0 N–H and O–H groups in total. The van der Waals surface area contributed by atoms with Crippen LogP contribution in [0.15, 0.2) is 53.9 Å². The number of ether oxygens (including phenoxy) is 1. The van der Waals surface area contributed by atoms with Crippen molar-refractivity contribution in [2.75, 3.05) is 7.11 Å². The van der Waals surface area contributed by atoms with Crippen molar-refractivity contribution in [3.8, 4) is 23.1 Å². The van der Waals surface area contributed by atoms with E-state index in [1.807, 2.05) is 29.6 Å². The quantitative estimate of drug-likeness (QED) is 0.628. The lowest BCUT2D eigenvalue weighted by Gasteiger charge is -2.04. The Hall–Kier alpha value is -2.97. The number of hydrogen-bond donors (Lipinski definition) is 0. The number of allylic oxidation sites excluding steroid dienone is 1. The lowest BCUT2D eigenvalue weighted by molar-refractivity contribution is 0.414. The third-order valence-electron chi connectivity index (χ3n) is 3.43. The summed E-state index contributed by atoms with van der Waals surface area (Å²) in [5, 5.41) is 11.9. The molecule has 0 bridgehead atoms. The molecule has 5 heteroatoms. The number of rotatable bonds is 4. The van der Waals surface area contributed by atoms with Crippen LogP contribution in [0.5, 0.6) is 5.75 Å². The van der Waals surface area contributed by atoms with Gasteiger partial charge in [-0.25, -0.2) is 9.37 Å². The fraction of sp³-hybridized carbons (Fsp3) is 0.0526. The molecule has 0 saturated carbocycles. The van der Waals surface area contributed by atoms with Crippen LogP contribution in [0.1, 0.15) is 10.6 Å². The second-order valence-electron chi connectivity index (χ2n) is 4.96. The van der Waals surface area contributed by atoms with Crippen LogP contribution in [0.4, 0.5) is 4.39 Å². The molecule has 0 aliphatic rings. The molecule has 0 atom stereocenters. The minimum Gasteiger partial charge on any atom is -0.496 e. The van der Waals surface area contributed by atoms with Gasteiger partial charge in [-0.05, 0) is 36.4 Å². The molecule has 2 aromatic carbocycles. The van der Waals surface area contributed by atoms with Crippen molar-refractivity contribution in [3.63, 3.8) is 0 Å². The molecule has 0 aliphatic heterocycles. The van der Waals surface area contributed by atoms with Crippen LogP contribution < -0.4 is 4.74 Å². The van der Waals surface area contributed by atoms with Gasteiger partial charge in [0.1, 0.15) is 22.6 Å². The molecule has 0 spiro atoms. The molecule has 24 heavy (non-hydrogen) atoms. The van der Waals surface area contributed by atoms with Gasteiger partial charge >= 0.3 is 0 Å². The summed E-state index contributed by atoms with van der Waals surface area (Å²) in [5.74, 6) is 0.406. The van der Waals surface area contributed by atoms with E-state index < -0.39 is 0 Å². The maximum absolute atomic E-state index is 13.0. The SMILES string of the molecule is COc1ccccc1/C=C(\C#N)c1nc(-c2ccc(F)cc2)cs1. The Morgan fingerprint density at radius 1 is 1.21 bits per heavy atom. The lowest BCUT2D eigenvalue weighted by atomic mass is 10.1. The van der Waals surface area contributed by atoms with Gasteiger partial charge in [-0.3, -0.25) is 0 Å². The number of halogens is 1. The van der Waals surface area contributed by atoms with Crippen LogP contribution >= 0.6 is 11.3 Å². The first-order chi connectivity index (χ1) is 11.7. The zero-order valence-corrected chi connectivity index (χ0v) is 13.7. The largest absolute Gasteiger partial charge is 0.496 e. The maximum atomic E-state index is 13.0. The Balaban J connectivity index is 1.96. The van der Waals surface area contributed by atoms with Gasteiger partial charge in [0.15, 0.2) is 0 Å². The van der Waals surface area contributed by atoms with E-state index in [-0.39, 0.29) is 5.82 Å². The molecule has 0 fully saturated rings. The summed E-state index contributed by atoms with van der Waals surface area (Å²) in [6.45, 7) is 0. The number of aromatic nitrogens is 1. The average Bonchev–Trinajstić information content (AvgIpc) is 3.10. The van der Waals surface area contributed by atoms with Crippen LogP contribution in [-0.4, -0.2) is 12.1 Å². The summed E-state index contributed by atoms with van der Waals surface area (Å²) >= 11 is 1.38. The van der Waals surface area contributed by atoms with Crippen molar-refractivity contribution in [2.24, 2.45) is 0 Å².